The Labute approximate surface area is 135 Å². The molecule has 1 saturated heterocycles. The summed E-state index contributed by atoms with van der Waals surface area (Å²) in [4.78, 5) is 4.20. The van der Waals surface area contributed by atoms with Crippen LogP contribution < -0.4 is 11.5 Å². The van der Waals surface area contributed by atoms with Gasteiger partial charge in [-0.2, -0.15) is 0 Å². The summed E-state index contributed by atoms with van der Waals surface area (Å²) in [5.41, 5.74) is 12.0. The fourth-order valence-corrected chi connectivity index (χ4v) is 2.55. The monoisotopic (exact) mass is 395 g/mol. The Balaban J connectivity index is 0.00000180. The van der Waals surface area contributed by atoms with Crippen molar-refractivity contribution in [1.82, 2.24) is 0 Å². The number of hydrogen-bond acceptors (Lipinski definition) is 2. The molecule has 1 aliphatic heterocycles. The van der Waals surface area contributed by atoms with Crippen molar-refractivity contribution in [2.75, 3.05) is 19.8 Å². The fraction of sp³-hybridized carbons (Fsp3) is 0.462. The van der Waals surface area contributed by atoms with Crippen molar-refractivity contribution in [2.45, 2.75) is 18.3 Å². The summed E-state index contributed by atoms with van der Waals surface area (Å²) in [7, 11) is 0. The Bertz CT molecular complexity index is 443. The smallest absolute Gasteiger partial charge is 0.185 e. The molecule has 0 aliphatic carbocycles. The highest BCUT2D eigenvalue weighted by Crippen LogP contribution is 2.36. The van der Waals surface area contributed by atoms with Crippen molar-refractivity contribution in [2.24, 2.45) is 16.5 Å². The lowest BCUT2D eigenvalue weighted by Gasteiger charge is -2.36. The average Bonchev–Trinajstić information content (AvgIpc) is 2.37. The normalized spacial score (nSPS) is 17.3. The molecule has 2 rings (SSSR count). The summed E-state index contributed by atoms with van der Waals surface area (Å²) in [6.07, 6.45) is 1.81. The van der Waals surface area contributed by atoms with Crippen LogP contribution in [0.1, 0.15) is 18.4 Å². The van der Waals surface area contributed by atoms with E-state index in [1.807, 2.05) is 18.2 Å². The highest BCUT2D eigenvalue weighted by Gasteiger charge is 2.34. The Morgan fingerprint density at radius 1 is 1.32 bits per heavy atom. The minimum atomic E-state index is -0.0624. The van der Waals surface area contributed by atoms with Crippen molar-refractivity contribution in [3.63, 3.8) is 0 Å². The third kappa shape index (κ3) is 4.22. The zero-order chi connectivity index (χ0) is 13.0. The molecule has 19 heavy (non-hydrogen) atoms. The summed E-state index contributed by atoms with van der Waals surface area (Å²) in [5, 5.41) is 0.739. The molecular formula is C13H19ClIN3O. The summed E-state index contributed by atoms with van der Waals surface area (Å²) in [6, 6.07) is 7.91. The first-order valence-electron chi connectivity index (χ1n) is 6.02. The molecule has 0 saturated carbocycles. The summed E-state index contributed by atoms with van der Waals surface area (Å²) >= 11 is 6.07. The SMILES string of the molecule is I.NC(N)=NCC1(c2cccc(Cl)c2)CCOCC1. The van der Waals surface area contributed by atoms with Crippen LogP contribution in [0.25, 0.3) is 0 Å². The second-order valence-electron chi connectivity index (χ2n) is 4.64. The fourth-order valence-electron chi connectivity index (χ4n) is 2.36. The van der Waals surface area contributed by atoms with Gasteiger partial charge in [-0.1, -0.05) is 23.7 Å². The van der Waals surface area contributed by atoms with Crippen LogP contribution in [0.5, 0.6) is 0 Å². The van der Waals surface area contributed by atoms with Gasteiger partial charge in [0, 0.05) is 23.7 Å². The van der Waals surface area contributed by atoms with Gasteiger partial charge in [0.2, 0.25) is 0 Å². The average molecular weight is 396 g/mol. The maximum atomic E-state index is 6.07. The van der Waals surface area contributed by atoms with Crippen LogP contribution >= 0.6 is 35.6 Å². The topological polar surface area (TPSA) is 73.6 Å². The van der Waals surface area contributed by atoms with Crippen LogP contribution in [0.4, 0.5) is 0 Å². The van der Waals surface area contributed by atoms with E-state index in [4.69, 9.17) is 27.8 Å². The van der Waals surface area contributed by atoms with Crippen molar-refractivity contribution < 1.29 is 4.74 Å². The summed E-state index contributed by atoms with van der Waals surface area (Å²) in [6.45, 7) is 2.04. The molecule has 6 heteroatoms. The van der Waals surface area contributed by atoms with Crippen molar-refractivity contribution in [1.29, 1.82) is 0 Å². The number of benzene rings is 1. The maximum absolute atomic E-state index is 6.07. The number of hydrogen-bond donors (Lipinski definition) is 2. The number of halogens is 2. The van der Waals surface area contributed by atoms with Gasteiger partial charge in [-0.25, -0.2) is 0 Å². The first-order chi connectivity index (χ1) is 8.62. The molecule has 0 unspecified atom stereocenters. The molecule has 1 heterocycles. The van der Waals surface area contributed by atoms with E-state index in [-0.39, 0.29) is 35.4 Å². The highest BCUT2D eigenvalue weighted by molar-refractivity contribution is 14.0. The third-order valence-corrected chi connectivity index (χ3v) is 3.69. The number of aliphatic imine (C=N–C) groups is 1. The molecule has 0 atom stereocenters. The molecule has 0 aromatic heterocycles. The molecule has 1 aliphatic rings. The van der Waals surface area contributed by atoms with Gasteiger partial charge < -0.3 is 16.2 Å². The van der Waals surface area contributed by atoms with Crippen molar-refractivity contribution in [3.05, 3.63) is 34.9 Å². The predicted octanol–water partition coefficient (Wildman–Crippen LogP) is 2.28. The standard InChI is InChI=1S/C13H18ClN3O.HI/c14-11-3-1-2-10(8-11)13(9-17-12(15)16)4-6-18-7-5-13;/h1-3,8H,4-7,9H2,(H4,15,16,17);1H. The summed E-state index contributed by atoms with van der Waals surface area (Å²) in [5.74, 6) is 0.128. The van der Waals surface area contributed by atoms with E-state index in [0.717, 1.165) is 31.1 Å². The second-order valence-corrected chi connectivity index (χ2v) is 5.08. The number of ether oxygens (including phenoxy) is 1. The number of guanidine groups is 1. The molecular weight excluding hydrogens is 377 g/mol. The molecule has 1 aromatic carbocycles. The molecule has 106 valence electrons. The molecule has 4 nitrogen and oxygen atoms in total. The lowest BCUT2D eigenvalue weighted by atomic mass is 9.74. The molecule has 1 aromatic rings. The lowest BCUT2D eigenvalue weighted by Crippen LogP contribution is -2.38. The molecule has 0 amide bonds. The van der Waals surface area contributed by atoms with Crippen LogP contribution in [0, 0.1) is 0 Å². The predicted molar refractivity (Wildman–Crippen MR) is 89.3 cm³/mol. The van der Waals surface area contributed by atoms with Gasteiger partial charge in [0.05, 0.1) is 6.54 Å². The van der Waals surface area contributed by atoms with Gasteiger partial charge in [-0.05, 0) is 30.5 Å². The maximum Gasteiger partial charge on any atom is 0.185 e. The van der Waals surface area contributed by atoms with Crippen LogP contribution in [0.2, 0.25) is 5.02 Å². The number of rotatable bonds is 3. The first-order valence-corrected chi connectivity index (χ1v) is 6.39. The van der Waals surface area contributed by atoms with E-state index < -0.39 is 0 Å². The lowest BCUT2D eigenvalue weighted by molar-refractivity contribution is 0.0531. The quantitative estimate of drug-likeness (QED) is 0.468. The highest BCUT2D eigenvalue weighted by atomic mass is 127. The Kier molecular flexibility index (Phi) is 6.35. The van der Waals surface area contributed by atoms with Gasteiger partial charge in [0.25, 0.3) is 0 Å². The molecule has 1 fully saturated rings. The van der Waals surface area contributed by atoms with Crippen molar-refractivity contribution in [3.8, 4) is 0 Å². The van der Waals surface area contributed by atoms with Gasteiger partial charge >= 0.3 is 0 Å². The Hall–Kier alpha value is -0.530. The van der Waals surface area contributed by atoms with Gasteiger partial charge in [-0.15, -0.1) is 24.0 Å². The third-order valence-electron chi connectivity index (χ3n) is 3.45. The van der Waals surface area contributed by atoms with E-state index in [1.165, 1.54) is 5.56 Å². The van der Waals surface area contributed by atoms with Gasteiger partial charge in [0.15, 0.2) is 5.96 Å². The minimum absolute atomic E-state index is 0. The van der Waals surface area contributed by atoms with E-state index in [0.29, 0.717) is 6.54 Å². The number of nitrogens with two attached hydrogens (primary N) is 2. The van der Waals surface area contributed by atoms with E-state index >= 15 is 0 Å². The molecule has 4 N–H and O–H groups in total. The van der Waals surface area contributed by atoms with Crippen LogP contribution in [0.15, 0.2) is 29.3 Å². The Morgan fingerprint density at radius 3 is 2.58 bits per heavy atom. The van der Waals surface area contributed by atoms with E-state index in [1.54, 1.807) is 0 Å². The van der Waals surface area contributed by atoms with Crippen LogP contribution in [-0.2, 0) is 10.2 Å². The van der Waals surface area contributed by atoms with Crippen LogP contribution in [0.3, 0.4) is 0 Å². The zero-order valence-electron chi connectivity index (χ0n) is 10.6. The zero-order valence-corrected chi connectivity index (χ0v) is 13.7. The number of nitrogens with zero attached hydrogens (tertiary/aromatic N) is 1. The molecule has 0 bridgehead atoms. The molecule has 0 spiro atoms. The van der Waals surface area contributed by atoms with E-state index in [2.05, 4.69) is 11.1 Å². The summed E-state index contributed by atoms with van der Waals surface area (Å²) < 4.78 is 5.44. The second kappa shape index (κ2) is 7.31. The largest absolute Gasteiger partial charge is 0.381 e. The van der Waals surface area contributed by atoms with Gasteiger partial charge in [-0.3, -0.25) is 4.99 Å². The first kappa shape index (κ1) is 16.5. The molecule has 0 radical (unpaired) electrons. The van der Waals surface area contributed by atoms with Crippen LogP contribution in [-0.4, -0.2) is 25.7 Å². The van der Waals surface area contributed by atoms with Crippen molar-refractivity contribution >= 4 is 41.5 Å². The van der Waals surface area contributed by atoms with E-state index in [9.17, 15) is 0 Å². The van der Waals surface area contributed by atoms with Gasteiger partial charge in [0.1, 0.15) is 0 Å². The Morgan fingerprint density at radius 2 is 2.00 bits per heavy atom. The minimum Gasteiger partial charge on any atom is -0.381 e.